The molecule has 3 aromatic rings. The molecule has 0 spiro atoms. The number of hydrogen-bond donors (Lipinski definition) is 2. The third kappa shape index (κ3) is 5.02. The summed E-state index contributed by atoms with van der Waals surface area (Å²) in [4.78, 5) is 12.6. The van der Waals surface area contributed by atoms with E-state index in [0.29, 0.717) is 18.3 Å². The molecule has 3 heterocycles. The highest BCUT2D eigenvalue weighted by atomic mass is 35.5. The quantitative estimate of drug-likeness (QED) is 0.643. The summed E-state index contributed by atoms with van der Waals surface area (Å²) in [5.74, 6) is -0.182. The Kier molecular flexibility index (Phi) is 7.00. The number of piperidine rings is 1. The fourth-order valence-corrected chi connectivity index (χ4v) is 3.56. The molecule has 0 unspecified atom stereocenters. The van der Waals surface area contributed by atoms with Crippen LogP contribution in [0.5, 0.6) is 0 Å². The van der Waals surface area contributed by atoms with Crippen LogP contribution in [0.1, 0.15) is 46.2 Å². The van der Waals surface area contributed by atoms with E-state index in [2.05, 4.69) is 38.2 Å². The highest BCUT2D eigenvalue weighted by Crippen LogP contribution is 2.20. The smallest absolute Gasteiger partial charge is 0.274 e. The summed E-state index contributed by atoms with van der Waals surface area (Å²) < 4.78 is 3.78. The van der Waals surface area contributed by atoms with Gasteiger partial charge in [-0.1, -0.05) is 29.5 Å². The highest BCUT2D eigenvalue weighted by Gasteiger charge is 2.22. The van der Waals surface area contributed by atoms with E-state index in [0.717, 1.165) is 43.7 Å². The van der Waals surface area contributed by atoms with Crippen LogP contribution in [-0.2, 0) is 13.1 Å². The Hall–Kier alpha value is -2.71. The molecule has 8 nitrogen and oxygen atoms in total. The Morgan fingerprint density at radius 1 is 1.21 bits per heavy atom. The lowest BCUT2D eigenvalue weighted by atomic mass is 10.1. The van der Waals surface area contributed by atoms with Crippen molar-refractivity contribution in [3.8, 4) is 0 Å². The molecule has 1 amide bonds. The first-order chi connectivity index (χ1) is 13.7. The molecular formula is C20H26ClN7O. The standard InChI is InChI=1S/C20H25N7O.ClH/c1-15-19(24-25-27(15)18-7-10-21-11-8-18)20(28)22-13-16-3-5-17(6-4-16)14-26-12-2-9-23-26;/h2-6,9,12,18,21H,7-8,10-11,13-14H2,1H3,(H,22,28);1H. The molecule has 0 saturated carbocycles. The van der Waals surface area contributed by atoms with Crippen molar-refractivity contribution in [2.24, 2.45) is 0 Å². The molecule has 1 saturated heterocycles. The third-order valence-corrected chi connectivity index (χ3v) is 5.18. The van der Waals surface area contributed by atoms with Crippen molar-refractivity contribution in [3.63, 3.8) is 0 Å². The van der Waals surface area contributed by atoms with Gasteiger partial charge in [0.1, 0.15) is 0 Å². The zero-order chi connectivity index (χ0) is 19.3. The summed E-state index contributed by atoms with van der Waals surface area (Å²) in [6, 6.07) is 10.4. The number of carbonyl (C=O) groups excluding carboxylic acids is 1. The lowest BCUT2D eigenvalue weighted by Gasteiger charge is -2.23. The van der Waals surface area contributed by atoms with Crippen LogP contribution in [0.15, 0.2) is 42.7 Å². The van der Waals surface area contributed by atoms with E-state index < -0.39 is 0 Å². The van der Waals surface area contributed by atoms with Gasteiger partial charge in [-0.05, 0) is 50.0 Å². The average molecular weight is 416 g/mol. The number of rotatable bonds is 6. The van der Waals surface area contributed by atoms with Gasteiger partial charge in [-0.2, -0.15) is 5.10 Å². The van der Waals surface area contributed by atoms with Crippen LogP contribution >= 0.6 is 12.4 Å². The molecule has 1 fully saturated rings. The van der Waals surface area contributed by atoms with E-state index in [1.54, 1.807) is 6.20 Å². The van der Waals surface area contributed by atoms with Crippen LogP contribution in [-0.4, -0.2) is 43.8 Å². The number of halogens is 1. The summed E-state index contributed by atoms with van der Waals surface area (Å²) in [6.07, 6.45) is 5.73. The minimum absolute atomic E-state index is 0. The Bertz CT molecular complexity index is 915. The van der Waals surface area contributed by atoms with Gasteiger partial charge in [0.2, 0.25) is 0 Å². The van der Waals surface area contributed by atoms with Crippen LogP contribution in [0.4, 0.5) is 0 Å². The summed E-state index contributed by atoms with van der Waals surface area (Å²) in [5.41, 5.74) is 3.45. The van der Waals surface area contributed by atoms with Crippen molar-refractivity contribution in [3.05, 3.63) is 65.2 Å². The molecule has 1 aliphatic heterocycles. The predicted octanol–water partition coefficient (Wildman–Crippen LogP) is 2.11. The summed E-state index contributed by atoms with van der Waals surface area (Å²) in [6.45, 7) is 5.06. The minimum Gasteiger partial charge on any atom is -0.347 e. The number of aromatic nitrogens is 5. The Balaban J connectivity index is 0.00000240. The molecule has 29 heavy (non-hydrogen) atoms. The first-order valence-electron chi connectivity index (χ1n) is 9.66. The fraction of sp³-hybridized carbons (Fsp3) is 0.400. The van der Waals surface area contributed by atoms with E-state index in [1.165, 1.54) is 5.56 Å². The topological polar surface area (TPSA) is 89.7 Å². The van der Waals surface area contributed by atoms with Gasteiger partial charge in [0.25, 0.3) is 5.91 Å². The van der Waals surface area contributed by atoms with Crippen LogP contribution in [0.2, 0.25) is 0 Å². The lowest BCUT2D eigenvalue weighted by Crippen LogP contribution is -2.30. The number of nitrogens with one attached hydrogen (secondary N) is 2. The molecule has 0 radical (unpaired) electrons. The van der Waals surface area contributed by atoms with E-state index >= 15 is 0 Å². The zero-order valence-corrected chi connectivity index (χ0v) is 17.2. The van der Waals surface area contributed by atoms with Crippen LogP contribution in [0.25, 0.3) is 0 Å². The average Bonchev–Trinajstić information content (AvgIpc) is 3.37. The second-order valence-corrected chi connectivity index (χ2v) is 7.15. The number of carbonyl (C=O) groups is 1. The molecule has 2 N–H and O–H groups in total. The molecule has 0 atom stereocenters. The summed E-state index contributed by atoms with van der Waals surface area (Å²) >= 11 is 0. The van der Waals surface area contributed by atoms with Crippen molar-refractivity contribution in [2.75, 3.05) is 13.1 Å². The first kappa shape index (κ1) is 21.0. The van der Waals surface area contributed by atoms with Crippen molar-refractivity contribution >= 4 is 18.3 Å². The lowest BCUT2D eigenvalue weighted by molar-refractivity contribution is 0.0945. The van der Waals surface area contributed by atoms with Gasteiger partial charge in [-0.3, -0.25) is 9.48 Å². The van der Waals surface area contributed by atoms with E-state index in [-0.39, 0.29) is 18.3 Å². The van der Waals surface area contributed by atoms with Crippen LogP contribution in [0.3, 0.4) is 0 Å². The number of amides is 1. The maximum atomic E-state index is 12.6. The first-order valence-corrected chi connectivity index (χ1v) is 9.66. The Labute approximate surface area is 176 Å². The fourth-order valence-electron chi connectivity index (χ4n) is 3.56. The number of benzene rings is 1. The molecular weight excluding hydrogens is 390 g/mol. The maximum Gasteiger partial charge on any atom is 0.274 e. The van der Waals surface area contributed by atoms with E-state index in [1.807, 2.05) is 40.7 Å². The Morgan fingerprint density at radius 3 is 2.62 bits per heavy atom. The minimum atomic E-state index is -0.182. The molecule has 0 aliphatic carbocycles. The molecule has 1 aromatic carbocycles. The van der Waals surface area contributed by atoms with E-state index in [4.69, 9.17) is 0 Å². The van der Waals surface area contributed by atoms with Gasteiger partial charge < -0.3 is 10.6 Å². The van der Waals surface area contributed by atoms with Gasteiger partial charge in [0.15, 0.2) is 5.69 Å². The second kappa shape index (κ2) is 9.67. The van der Waals surface area contributed by atoms with Gasteiger partial charge in [0.05, 0.1) is 18.3 Å². The van der Waals surface area contributed by atoms with Gasteiger partial charge in [-0.15, -0.1) is 17.5 Å². The Morgan fingerprint density at radius 2 is 1.93 bits per heavy atom. The summed E-state index contributed by atoms with van der Waals surface area (Å²) in [7, 11) is 0. The molecule has 154 valence electrons. The zero-order valence-electron chi connectivity index (χ0n) is 16.4. The van der Waals surface area contributed by atoms with Gasteiger partial charge in [-0.25, -0.2) is 4.68 Å². The second-order valence-electron chi connectivity index (χ2n) is 7.15. The van der Waals surface area contributed by atoms with Crippen molar-refractivity contribution < 1.29 is 4.79 Å². The van der Waals surface area contributed by atoms with Gasteiger partial charge >= 0.3 is 0 Å². The number of hydrogen-bond acceptors (Lipinski definition) is 5. The van der Waals surface area contributed by atoms with Crippen molar-refractivity contribution in [2.45, 2.75) is 38.9 Å². The van der Waals surface area contributed by atoms with Crippen molar-refractivity contribution in [1.29, 1.82) is 0 Å². The molecule has 9 heteroatoms. The molecule has 2 aromatic heterocycles. The predicted molar refractivity (Wildman–Crippen MR) is 112 cm³/mol. The number of nitrogens with zero attached hydrogens (tertiary/aromatic N) is 5. The maximum absolute atomic E-state index is 12.6. The SMILES string of the molecule is Cc1c(C(=O)NCc2ccc(Cn3cccn3)cc2)nnn1C1CCNCC1.Cl. The van der Waals surface area contributed by atoms with Crippen LogP contribution in [0, 0.1) is 6.92 Å². The van der Waals surface area contributed by atoms with E-state index in [9.17, 15) is 4.79 Å². The monoisotopic (exact) mass is 415 g/mol. The molecule has 1 aliphatic rings. The normalized spacial score (nSPS) is 14.4. The third-order valence-electron chi connectivity index (χ3n) is 5.18. The summed E-state index contributed by atoms with van der Waals surface area (Å²) in [5, 5.41) is 18.9. The highest BCUT2D eigenvalue weighted by molar-refractivity contribution is 5.93. The molecule has 4 rings (SSSR count). The largest absolute Gasteiger partial charge is 0.347 e. The van der Waals surface area contributed by atoms with Gasteiger partial charge in [0, 0.05) is 18.9 Å². The van der Waals surface area contributed by atoms with Crippen molar-refractivity contribution in [1.82, 2.24) is 35.4 Å². The molecule has 0 bridgehead atoms. The van der Waals surface area contributed by atoms with Crippen LogP contribution < -0.4 is 10.6 Å².